The number of rotatable bonds is 4. The van der Waals surface area contributed by atoms with Gasteiger partial charge in [0.25, 0.3) is 5.56 Å². The van der Waals surface area contributed by atoms with Crippen LogP contribution in [0.1, 0.15) is 31.4 Å². The van der Waals surface area contributed by atoms with E-state index in [4.69, 9.17) is 4.74 Å². The van der Waals surface area contributed by atoms with Crippen molar-refractivity contribution in [3.05, 3.63) is 52.3 Å². The Morgan fingerprint density at radius 2 is 1.88 bits per heavy atom. The summed E-state index contributed by atoms with van der Waals surface area (Å²) in [6.45, 7) is 1.23. The number of aromatic nitrogens is 2. The molecule has 0 radical (unpaired) electrons. The maximum Gasteiger partial charge on any atom is 0.413 e. The Morgan fingerprint density at radius 3 is 2.50 bits per heavy atom. The Morgan fingerprint density at radius 1 is 1.22 bits per heavy atom. The fourth-order valence-corrected chi connectivity index (χ4v) is 4.89. The molecular weight excluding hydrogens is 425 g/mol. The number of morpholine rings is 1. The highest BCUT2D eigenvalue weighted by molar-refractivity contribution is 5.50. The summed E-state index contributed by atoms with van der Waals surface area (Å²) in [6.07, 6.45) is -3.88. The highest BCUT2D eigenvalue weighted by Crippen LogP contribution is 2.44. The van der Waals surface area contributed by atoms with Gasteiger partial charge in [-0.15, -0.1) is 0 Å². The van der Waals surface area contributed by atoms with Crippen LogP contribution in [-0.2, 0) is 11.3 Å². The Labute approximate surface area is 183 Å². The first kappa shape index (κ1) is 21.3. The zero-order chi connectivity index (χ0) is 22.7. The van der Waals surface area contributed by atoms with Crippen molar-refractivity contribution in [1.29, 1.82) is 0 Å². The quantitative estimate of drug-likeness (QED) is 0.772. The average molecular weight is 450 g/mol. The molecule has 172 valence electrons. The molecule has 5 rings (SSSR count). The summed E-state index contributed by atoms with van der Waals surface area (Å²) in [5.74, 6) is 0.285. The second-order valence-corrected chi connectivity index (χ2v) is 9.01. The fraction of sp³-hybridized carbons (Fsp3) is 0.545. The smallest absolute Gasteiger partial charge is 0.387 e. The summed E-state index contributed by atoms with van der Waals surface area (Å²) in [5.41, 5.74) is -2.40. The van der Waals surface area contributed by atoms with Crippen LogP contribution in [0.2, 0.25) is 0 Å². The van der Waals surface area contributed by atoms with E-state index in [1.54, 1.807) is 30.3 Å². The SMILES string of the molecule is C[C@@]1(C(F)(F)F)Cn2c(nc(N3CC4CCC(C3)O4)cc2=O)N1C[C@H](O)c1ccccc1. The molecule has 2 saturated heterocycles. The highest BCUT2D eigenvalue weighted by atomic mass is 19.4. The molecule has 3 aliphatic heterocycles. The first-order chi connectivity index (χ1) is 15.2. The molecule has 10 heteroatoms. The van der Waals surface area contributed by atoms with Gasteiger partial charge in [-0.2, -0.15) is 18.2 Å². The van der Waals surface area contributed by atoms with Crippen LogP contribution in [0, 0.1) is 0 Å². The number of aliphatic hydroxyl groups excluding tert-OH is 1. The molecule has 3 aliphatic rings. The number of halogens is 3. The molecular formula is C22H25F3N4O3. The largest absolute Gasteiger partial charge is 0.413 e. The third-order valence-electron chi connectivity index (χ3n) is 6.80. The minimum absolute atomic E-state index is 0.0445. The van der Waals surface area contributed by atoms with Crippen molar-refractivity contribution < 1.29 is 23.0 Å². The second kappa shape index (κ2) is 7.48. The molecule has 0 spiro atoms. The van der Waals surface area contributed by atoms with Crippen LogP contribution in [-0.4, -0.2) is 58.2 Å². The summed E-state index contributed by atoms with van der Waals surface area (Å²) < 4.78 is 49.5. The van der Waals surface area contributed by atoms with Gasteiger partial charge in [0, 0.05) is 19.2 Å². The molecule has 2 unspecified atom stereocenters. The number of nitrogens with zero attached hydrogens (tertiary/aromatic N) is 4. The number of ether oxygens (including phenoxy) is 1. The van der Waals surface area contributed by atoms with Gasteiger partial charge < -0.3 is 19.6 Å². The standard InChI is InChI=1S/C22H25F3N4O3/c1-21(22(23,24)25)13-28-19(31)9-18(27-10-15-7-8-16(11-27)32-15)26-20(28)29(21)12-17(30)14-5-3-2-4-6-14/h2-6,9,15-17,30H,7-8,10-13H2,1H3/t15?,16?,17-,21-/m0/s1. The van der Waals surface area contributed by atoms with E-state index in [2.05, 4.69) is 4.98 Å². The highest BCUT2D eigenvalue weighted by Gasteiger charge is 2.60. The van der Waals surface area contributed by atoms with E-state index in [0.29, 0.717) is 24.5 Å². The average Bonchev–Trinajstić information content (AvgIpc) is 3.25. The van der Waals surface area contributed by atoms with Crippen molar-refractivity contribution >= 4 is 11.8 Å². The van der Waals surface area contributed by atoms with E-state index in [1.807, 2.05) is 4.90 Å². The third kappa shape index (κ3) is 3.45. The van der Waals surface area contributed by atoms with Gasteiger partial charge in [0.2, 0.25) is 5.95 Å². The topological polar surface area (TPSA) is 70.8 Å². The van der Waals surface area contributed by atoms with Crippen molar-refractivity contribution in [3.8, 4) is 0 Å². The lowest BCUT2D eigenvalue weighted by Crippen LogP contribution is -2.56. The molecule has 0 saturated carbocycles. The van der Waals surface area contributed by atoms with E-state index in [9.17, 15) is 23.1 Å². The fourth-order valence-electron chi connectivity index (χ4n) is 4.89. The van der Waals surface area contributed by atoms with Gasteiger partial charge in [0.1, 0.15) is 5.82 Å². The maximum absolute atomic E-state index is 14.2. The zero-order valence-corrected chi connectivity index (χ0v) is 17.6. The number of alkyl halides is 3. The summed E-state index contributed by atoms with van der Waals surface area (Å²) in [4.78, 5) is 20.3. The van der Waals surface area contributed by atoms with E-state index in [1.165, 1.54) is 6.07 Å². The van der Waals surface area contributed by atoms with Gasteiger partial charge in [-0.25, -0.2) is 0 Å². The molecule has 4 atom stereocenters. The van der Waals surface area contributed by atoms with Gasteiger partial charge in [-0.1, -0.05) is 30.3 Å². The number of benzene rings is 1. The number of hydrogen-bond donors (Lipinski definition) is 1. The van der Waals surface area contributed by atoms with Crippen molar-refractivity contribution in [2.75, 3.05) is 29.4 Å². The minimum Gasteiger partial charge on any atom is -0.387 e. The van der Waals surface area contributed by atoms with Crippen LogP contribution in [0.15, 0.2) is 41.2 Å². The second-order valence-electron chi connectivity index (χ2n) is 9.01. The molecule has 0 amide bonds. The first-order valence-electron chi connectivity index (χ1n) is 10.8. The van der Waals surface area contributed by atoms with Gasteiger partial charge in [0.05, 0.1) is 31.4 Å². The molecule has 2 bridgehead atoms. The van der Waals surface area contributed by atoms with E-state index >= 15 is 0 Å². The molecule has 2 fully saturated rings. The Kier molecular flexibility index (Phi) is 4.97. The molecule has 1 aromatic heterocycles. The van der Waals surface area contributed by atoms with E-state index < -0.39 is 29.9 Å². The van der Waals surface area contributed by atoms with Crippen LogP contribution in [0.4, 0.5) is 24.9 Å². The molecule has 1 aromatic carbocycles. The number of anilines is 2. The van der Waals surface area contributed by atoms with Crippen molar-refractivity contribution in [1.82, 2.24) is 9.55 Å². The predicted octanol–water partition coefficient (Wildman–Crippen LogP) is 2.49. The molecule has 0 aliphatic carbocycles. The van der Waals surface area contributed by atoms with Crippen molar-refractivity contribution in [2.24, 2.45) is 0 Å². The molecule has 32 heavy (non-hydrogen) atoms. The Hall–Kier alpha value is -2.59. The van der Waals surface area contributed by atoms with Crippen LogP contribution in [0.3, 0.4) is 0 Å². The van der Waals surface area contributed by atoms with Gasteiger partial charge in [-0.3, -0.25) is 9.36 Å². The Bertz CT molecular complexity index is 1050. The molecule has 4 heterocycles. The van der Waals surface area contributed by atoms with Gasteiger partial charge in [0.15, 0.2) is 5.54 Å². The minimum atomic E-state index is -4.64. The lowest BCUT2D eigenvalue weighted by molar-refractivity contribution is -0.183. The van der Waals surface area contributed by atoms with Gasteiger partial charge in [-0.05, 0) is 25.3 Å². The number of hydrogen-bond acceptors (Lipinski definition) is 6. The number of β-amino-alcohol motifs (C(OH)–C–C–N with tert-alkyl or cyclic N) is 1. The number of aliphatic hydroxyl groups is 1. The van der Waals surface area contributed by atoms with Gasteiger partial charge >= 0.3 is 6.18 Å². The van der Waals surface area contributed by atoms with Crippen molar-refractivity contribution in [3.63, 3.8) is 0 Å². The zero-order valence-electron chi connectivity index (χ0n) is 17.6. The van der Waals surface area contributed by atoms with Crippen LogP contribution in [0.25, 0.3) is 0 Å². The Balaban J connectivity index is 1.54. The lowest BCUT2D eigenvalue weighted by atomic mass is 9.99. The molecule has 2 aromatic rings. The number of fused-ring (bicyclic) bond motifs is 3. The summed E-state index contributed by atoms with van der Waals surface area (Å²) in [6, 6.07) is 9.82. The van der Waals surface area contributed by atoms with Crippen LogP contribution >= 0.6 is 0 Å². The van der Waals surface area contributed by atoms with Crippen molar-refractivity contribution in [2.45, 2.75) is 56.3 Å². The van der Waals surface area contributed by atoms with E-state index in [0.717, 1.165) is 29.2 Å². The maximum atomic E-state index is 14.2. The third-order valence-corrected chi connectivity index (χ3v) is 6.80. The van der Waals surface area contributed by atoms with E-state index in [-0.39, 0.29) is 24.7 Å². The van der Waals surface area contributed by atoms with Crippen LogP contribution in [0.5, 0.6) is 0 Å². The summed E-state index contributed by atoms with van der Waals surface area (Å²) in [7, 11) is 0. The normalized spacial score (nSPS) is 28.2. The predicted molar refractivity (Wildman–Crippen MR) is 112 cm³/mol. The first-order valence-corrected chi connectivity index (χ1v) is 10.8. The lowest BCUT2D eigenvalue weighted by Gasteiger charge is -2.38. The summed E-state index contributed by atoms with van der Waals surface area (Å²) >= 11 is 0. The molecule has 7 nitrogen and oxygen atoms in total. The van der Waals surface area contributed by atoms with Crippen LogP contribution < -0.4 is 15.4 Å². The molecule has 1 N–H and O–H groups in total. The summed E-state index contributed by atoms with van der Waals surface area (Å²) in [5, 5.41) is 10.7. The monoisotopic (exact) mass is 450 g/mol.